The molecule has 0 aromatic heterocycles. The molecule has 0 bridgehead atoms. The predicted molar refractivity (Wildman–Crippen MR) is 142 cm³/mol. The number of halogens is 3. The maximum atomic E-state index is 12.5. The molecule has 2 fully saturated rings. The minimum atomic E-state index is -3.62. The van der Waals surface area contributed by atoms with Crippen molar-refractivity contribution in [3.8, 4) is 0 Å². The molecular weight excluding hydrogens is 553 g/mol. The number of benzene rings is 2. The van der Waals surface area contributed by atoms with Gasteiger partial charge in [-0.25, -0.2) is 26.3 Å². The number of hydrogen-bond acceptors (Lipinski definition) is 5. The van der Waals surface area contributed by atoms with Gasteiger partial charge in [-0.15, -0.1) is 0 Å². The lowest BCUT2D eigenvalue weighted by Gasteiger charge is -2.42. The molecular formula is C23H28Cl3N3O4S2. The molecule has 192 valence electrons. The van der Waals surface area contributed by atoms with E-state index in [0.717, 1.165) is 24.1 Å². The Hall–Kier alpha value is -1.07. The van der Waals surface area contributed by atoms with E-state index in [1.54, 1.807) is 6.07 Å². The van der Waals surface area contributed by atoms with Gasteiger partial charge in [0.15, 0.2) is 0 Å². The lowest BCUT2D eigenvalue weighted by atomic mass is 9.88. The van der Waals surface area contributed by atoms with E-state index in [2.05, 4.69) is 14.3 Å². The van der Waals surface area contributed by atoms with Crippen LogP contribution in [0.25, 0.3) is 0 Å². The lowest BCUT2D eigenvalue weighted by molar-refractivity contribution is 0.358. The number of hydrogen-bond donors (Lipinski definition) is 2. The highest BCUT2D eigenvalue weighted by molar-refractivity contribution is 7.90. The maximum Gasteiger partial charge on any atom is 0.214 e. The van der Waals surface area contributed by atoms with E-state index >= 15 is 0 Å². The van der Waals surface area contributed by atoms with E-state index in [1.165, 1.54) is 0 Å². The molecule has 0 amide bonds. The van der Waals surface area contributed by atoms with Gasteiger partial charge in [0.05, 0.1) is 17.0 Å². The second kappa shape index (κ2) is 11.1. The first-order valence-electron chi connectivity index (χ1n) is 11.5. The summed E-state index contributed by atoms with van der Waals surface area (Å²) in [5, 5.41) is 1.42. The number of anilines is 1. The summed E-state index contributed by atoms with van der Waals surface area (Å²) in [6, 6.07) is 13.0. The monoisotopic (exact) mass is 579 g/mol. The van der Waals surface area contributed by atoms with Crippen LogP contribution in [0, 0.1) is 5.92 Å². The molecule has 4 rings (SSSR count). The number of piperidine rings is 1. The minimum Gasteiger partial charge on any atom is -0.364 e. The third-order valence-electron chi connectivity index (χ3n) is 6.39. The van der Waals surface area contributed by atoms with Crippen LogP contribution in [0.3, 0.4) is 0 Å². The van der Waals surface area contributed by atoms with E-state index in [-0.39, 0.29) is 36.1 Å². The molecule has 1 saturated heterocycles. The van der Waals surface area contributed by atoms with E-state index in [1.807, 2.05) is 36.4 Å². The molecule has 0 radical (unpaired) electrons. The van der Waals surface area contributed by atoms with Crippen LogP contribution < -0.4 is 14.3 Å². The molecule has 0 unspecified atom stereocenters. The third-order valence-corrected chi connectivity index (χ3v) is 10.5. The van der Waals surface area contributed by atoms with Crippen molar-refractivity contribution in [3.63, 3.8) is 0 Å². The molecule has 2 aromatic carbocycles. The smallest absolute Gasteiger partial charge is 0.214 e. The topological polar surface area (TPSA) is 95.6 Å². The molecule has 1 saturated carbocycles. The summed E-state index contributed by atoms with van der Waals surface area (Å²) in [4.78, 5) is 2.22. The Morgan fingerprint density at radius 1 is 0.857 bits per heavy atom. The average Bonchev–Trinajstić information content (AvgIpc) is 3.65. The summed E-state index contributed by atoms with van der Waals surface area (Å²) in [7, 11) is -7.02. The van der Waals surface area contributed by atoms with E-state index < -0.39 is 20.0 Å². The summed E-state index contributed by atoms with van der Waals surface area (Å²) in [6.07, 6.45) is 2.84. The van der Waals surface area contributed by atoms with Gasteiger partial charge in [0.1, 0.15) is 0 Å². The summed E-state index contributed by atoms with van der Waals surface area (Å²) in [6.45, 7) is 0.748. The summed E-state index contributed by atoms with van der Waals surface area (Å²) in [5.41, 5.74) is 1.93. The van der Waals surface area contributed by atoms with Crippen molar-refractivity contribution in [2.75, 3.05) is 30.3 Å². The Morgan fingerprint density at radius 3 is 2.20 bits per heavy atom. The summed E-state index contributed by atoms with van der Waals surface area (Å²) >= 11 is 18.7. The zero-order valence-corrected chi connectivity index (χ0v) is 22.9. The molecule has 35 heavy (non-hydrogen) atoms. The molecule has 12 heteroatoms. The summed E-state index contributed by atoms with van der Waals surface area (Å²) in [5.74, 6) is -0.235. The lowest BCUT2D eigenvalue weighted by Crippen LogP contribution is -2.44. The van der Waals surface area contributed by atoms with E-state index in [9.17, 15) is 16.8 Å². The zero-order valence-electron chi connectivity index (χ0n) is 19.0. The highest BCUT2D eigenvalue weighted by Crippen LogP contribution is 2.40. The van der Waals surface area contributed by atoms with E-state index in [4.69, 9.17) is 34.8 Å². The van der Waals surface area contributed by atoms with Crippen LogP contribution in [0.5, 0.6) is 0 Å². The van der Waals surface area contributed by atoms with Crippen molar-refractivity contribution in [2.45, 2.75) is 37.0 Å². The quantitative estimate of drug-likeness (QED) is 0.428. The van der Waals surface area contributed by atoms with Gasteiger partial charge in [-0.1, -0.05) is 40.9 Å². The van der Waals surface area contributed by atoms with Gasteiger partial charge in [-0.3, -0.25) is 0 Å². The minimum absolute atomic E-state index is 0.00521. The first kappa shape index (κ1) is 27.0. The fourth-order valence-corrected chi connectivity index (χ4v) is 7.53. The fraction of sp³-hybridized carbons (Fsp3) is 0.478. The first-order chi connectivity index (χ1) is 16.5. The molecule has 2 aromatic rings. The highest BCUT2D eigenvalue weighted by atomic mass is 35.5. The third kappa shape index (κ3) is 7.25. The summed E-state index contributed by atoms with van der Waals surface area (Å²) < 4.78 is 53.9. The van der Waals surface area contributed by atoms with Gasteiger partial charge in [0, 0.05) is 40.4 Å². The molecule has 7 nitrogen and oxygen atoms in total. The second-order valence-electron chi connectivity index (χ2n) is 9.06. The van der Waals surface area contributed by atoms with Crippen molar-refractivity contribution in [3.05, 3.63) is 63.1 Å². The van der Waals surface area contributed by atoms with Gasteiger partial charge in [-0.2, -0.15) is 0 Å². The van der Waals surface area contributed by atoms with Crippen molar-refractivity contribution < 1.29 is 16.8 Å². The number of rotatable bonds is 10. The van der Waals surface area contributed by atoms with Gasteiger partial charge in [0.25, 0.3) is 0 Å². The van der Waals surface area contributed by atoms with E-state index in [0.29, 0.717) is 34.5 Å². The molecule has 0 spiro atoms. The van der Waals surface area contributed by atoms with Crippen LogP contribution in [0.4, 0.5) is 5.69 Å². The Balaban J connectivity index is 1.41. The zero-order chi connectivity index (χ0) is 25.2. The van der Waals surface area contributed by atoms with Crippen molar-refractivity contribution in [1.82, 2.24) is 9.44 Å². The number of sulfonamides is 2. The fourth-order valence-electron chi connectivity index (χ4n) is 4.36. The van der Waals surface area contributed by atoms with Gasteiger partial charge in [-0.05, 0) is 73.6 Å². The Labute approximate surface area is 222 Å². The number of nitrogens with one attached hydrogen (secondary N) is 2. The Bertz CT molecular complexity index is 1250. The maximum absolute atomic E-state index is 12.5. The molecule has 1 aliphatic carbocycles. The largest absolute Gasteiger partial charge is 0.364 e. The standard InChI is InChI=1S/C23H28Cl3N3O4S2/c24-17-2-5-19(6-3-17)29-15-16(1-10-23(29)21-9-4-18(25)13-22(21)26)14-28-34(30,31)12-11-27-35(32,33)20-7-8-20/h2-6,9,13,16,20,23,27-28H,1,7-8,10-12,14-15H2/t16-,23-/m1/s1. The van der Waals surface area contributed by atoms with Gasteiger partial charge < -0.3 is 4.90 Å². The van der Waals surface area contributed by atoms with Crippen LogP contribution in [0.1, 0.15) is 37.3 Å². The Morgan fingerprint density at radius 2 is 1.54 bits per heavy atom. The predicted octanol–water partition coefficient (Wildman–Crippen LogP) is 4.61. The Kier molecular flexibility index (Phi) is 8.58. The van der Waals surface area contributed by atoms with Gasteiger partial charge in [0.2, 0.25) is 20.0 Å². The van der Waals surface area contributed by atoms with Crippen LogP contribution in [0.2, 0.25) is 15.1 Å². The molecule has 2 N–H and O–H groups in total. The van der Waals surface area contributed by atoms with Crippen LogP contribution >= 0.6 is 34.8 Å². The van der Waals surface area contributed by atoms with Gasteiger partial charge >= 0.3 is 0 Å². The second-order valence-corrected chi connectivity index (χ2v) is 14.3. The molecule has 2 atom stereocenters. The molecule has 1 aliphatic heterocycles. The van der Waals surface area contributed by atoms with Crippen LogP contribution in [0.15, 0.2) is 42.5 Å². The van der Waals surface area contributed by atoms with Crippen LogP contribution in [-0.2, 0) is 20.0 Å². The average molecular weight is 581 g/mol. The first-order valence-corrected chi connectivity index (χ1v) is 15.8. The number of nitrogens with zero attached hydrogens (tertiary/aromatic N) is 1. The van der Waals surface area contributed by atoms with Crippen molar-refractivity contribution in [2.24, 2.45) is 5.92 Å². The molecule has 2 aliphatic rings. The van der Waals surface area contributed by atoms with Crippen molar-refractivity contribution >= 4 is 60.5 Å². The van der Waals surface area contributed by atoms with Crippen LogP contribution in [-0.4, -0.2) is 47.5 Å². The normalized spacial score (nSPS) is 21.3. The molecule has 1 heterocycles. The van der Waals surface area contributed by atoms with Crippen molar-refractivity contribution in [1.29, 1.82) is 0 Å². The SMILES string of the molecule is O=S(=O)(CCNS(=O)(=O)C1CC1)NC[C@H]1CC[C@H](c2ccc(Cl)cc2Cl)N(c2ccc(Cl)cc2)C1. The highest BCUT2D eigenvalue weighted by Gasteiger charge is 2.35.